The van der Waals surface area contributed by atoms with Gasteiger partial charge >= 0.3 is 12.2 Å². The minimum atomic E-state index is -0.856. The quantitative estimate of drug-likeness (QED) is 0.676. The Labute approximate surface area is 186 Å². The molecule has 1 aromatic carbocycles. The molecule has 3 heterocycles. The Hall–Kier alpha value is -3.40. The van der Waals surface area contributed by atoms with Gasteiger partial charge in [-0.15, -0.1) is 0 Å². The molecule has 2 aliphatic rings. The average Bonchev–Trinajstić information content (AvgIpc) is 2.72. The number of amides is 2. The summed E-state index contributed by atoms with van der Waals surface area (Å²) in [4.78, 5) is 36.9. The summed E-state index contributed by atoms with van der Waals surface area (Å²) in [5.74, 6) is 1.05. The number of aromatic nitrogens is 2. The lowest BCUT2D eigenvalue weighted by atomic mass is 10.0. The second-order valence-electron chi connectivity index (χ2n) is 8.21. The number of benzene rings is 1. The molecule has 2 amide bonds. The third kappa shape index (κ3) is 4.45. The SMILES string of the molecule is CCN1C(=O)OCc2cnc(N[C@@H](C)c3ccc(CN(C)C4CN(C(=O)O)C4)cc3)nc21. The van der Waals surface area contributed by atoms with Crippen molar-refractivity contribution in [3.63, 3.8) is 0 Å². The summed E-state index contributed by atoms with van der Waals surface area (Å²) in [5.41, 5.74) is 3.04. The molecule has 0 aliphatic carbocycles. The van der Waals surface area contributed by atoms with Crippen molar-refractivity contribution in [2.45, 2.75) is 39.1 Å². The number of cyclic esters (lactones) is 1. The van der Waals surface area contributed by atoms with Crippen LogP contribution in [0.25, 0.3) is 0 Å². The molecule has 32 heavy (non-hydrogen) atoms. The van der Waals surface area contributed by atoms with E-state index in [1.165, 1.54) is 15.4 Å². The van der Waals surface area contributed by atoms with Gasteiger partial charge in [0.05, 0.1) is 11.6 Å². The molecule has 1 aromatic heterocycles. The maximum Gasteiger partial charge on any atom is 0.415 e. The van der Waals surface area contributed by atoms with Gasteiger partial charge in [-0.25, -0.2) is 14.6 Å². The molecule has 170 valence electrons. The van der Waals surface area contributed by atoms with Crippen molar-refractivity contribution in [3.8, 4) is 0 Å². The summed E-state index contributed by atoms with van der Waals surface area (Å²) in [7, 11) is 2.02. The van der Waals surface area contributed by atoms with Crippen LogP contribution in [0, 0.1) is 0 Å². The summed E-state index contributed by atoms with van der Waals surface area (Å²) in [5, 5.41) is 12.3. The largest absolute Gasteiger partial charge is 0.465 e. The number of fused-ring (bicyclic) bond motifs is 1. The third-order valence-electron chi connectivity index (χ3n) is 6.00. The lowest BCUT2D eigenvalue weighted by Gasteiger charge is -2.42. The Kier molecular flexibility index (Phi) is 6.13. The van der Waals surface area contributed by atoms with Crippen molar-refractivity contribution in [2.75, 3.05) is 36.9 Å². The number of anilines is 2. The summed E-state index contributed by atoms with van der Waals surface area (Å²) in [6.45, 7) is 6.44. The van der Waals surface area contributed by atoms with E-state index in [1.54, 1.807) is 6.20 Å². The lowest BCUT2D eigenvalue weighted by molar-refractivity contribution is 0.0458. The first-order valence-corrected chi connectivity index (χ1v) is 10.7. The lowest BCUT2D eigenvalue weighted by Crippen LogP contribution is -2.59. The van der Waals surface area contributed by atoms with Gasteiger partial charge in [-0.2, -0.15) is 4.98 Å². The predicted octanol–water partition coefficient (Wildman–Crippen LogP) is 2.92. The van der Waals surface area contributed by atoms with E-state index in [4.69, 9.17) is 9.84 Å². The molecular formula is C22H28N6O4. The second kappa shape index (κ2) is 8.99. The topological polar surface area (TPSA) is 111 Å². The van der Waals surface area contributed by atoms with Crippen molar-refractivity contribution in [3.05, 3.63) is 47.2 Å². The van der Waals surface area contributed by atoms with E-state index in [9.17, 15) is 9.59 Å². The number of carbonyl (C=O) groups is 2. The highest BCUT2D eigenvalue weighted by atomic mass is 16.6. The minimum Gasteiger partial charge on any atom is -0.465 e. The van der Waals surface area contributed by atoms with Gasteiger partial charge in [0.25, 0.3) is 0 Å². The zero-order valence-electron chi connectivity index (χ0n) is 18.5. The molecule has 4 rings (SSSR count). The number of carboxylic acid groups (broad SMARTS) is 1. The van der Waals surface area contributed by atoms with Crippen molar-refractivity contribution >= 4 is 24.0 Å². The normalized spacial score (nSPS) is 16.9. The van der Waals surface area contributed by atoms with E-state index in [-0.39, 0.29) is 18.7 Å². The average molecular weight is 441 g/mol. The number of rotatable bonds is 7. The fourth-order valence-corrected chi connectivity index (χ4v) is 3.88. The highest BCUT2D eigenvalue weighted by Gasteiger charge is 2.33. The Morgan fingerprint density at radius 1 is 1.34 bits per heavy atom. The standard InChI is InChI=1S/C22H28N6O4/c1-4-28-19-17(13-32-22(28)31)9-23-20(25-19)24-14(2)16-7-5-15(6-8-16)10-26(3)18-11-27(12-18)21(29)30/h5-9,14,18H,4,10-13H2,1-3H3,(H,29,30)(H,23,24,25)/t14-/m0/s1. The number of hydrogen-bond acceptors (Lipinski definition) is 7. The summed E-state index contributed by atoms with van der Waals surface area (Å²) < 4.78 is 5.13. The van der Waals surface area contributed by atoms with Crippen LogP contribution < -0.4 is 10.2 Å². The summed E-state index contributed by atoms with van der Waals surface area (Å²) in [6, 6.07) is 8.53. The zero-order chi connectivity index (χ0) is 22.8. The first-order valence-electron chi connectivity index (χ1n) is 10.7. The Balaban J connectivity index is 1.36. The molecule has 0 saturated carbocycles. The monoisotopic (exact) mass is 440 g/mol. The predicted molar refractivity (Wildman–Crippen MR) is 119 cm³/mol. The van der Waals surface area contributed by atoms with Gasteiger partial charge in [-0.3, -0.25) is 9.80 Å². The molecule has 0 spiro atoms. The molecule has 1 saturated heterocycles. The Morgan fingerprint density at radius 3 is 2.72 bits per heavy atom. The van der Waals surface area contributed by atoms with Crippen LogP contribution in [-0.4, -0.2) is 69.8 Å². The van der Waals surface area contributed by atoms with Crippen LogP contribution >= 0.6 is 0 Å². The van der Waals surface area contributed by atoms with Crippen molar-refractivity contribution in [2.24, 2.45) is 0 Å². The van der Waals surface area contributed by atoms with Gasteiger partial charge in [0.15, 0.2) is 0 Å². The highest BCUT2D eigenvalue weighted by molar-refractivity contribution is 5.89. The highest BCUT2D eigenvalue weighted by Crippen LogP contribution is 2.26. The smallest absolute Gasteiger partial charge is 0.415 e. The van der Waals surface area contributed by atoms with Crippen molar-refractivity contribution in [1.82, 2.24) is 19.8 Å². The van der Waals surface area contributed by atoms with E-state index in [1.807, 2.05) is 20.9 Å². The van der Waals surface area contributed by atoms with Crippen LogP contribution in [0.1, 0.15) is 36.6 Å². The van der Waals surface area contributed by atoms with Gasteiger partial charge in [-0.1, -0.05) is 24.3 Å². The van der Waals surface area contributed by atoms with E-state index in [0.29, 0.717) is 31.4 Å². The molecular weight excluding hydrogens is 412 g/mol. The molecule has 0 bridgehead atoms. The first kappa shape index (κ1) is 21.8. The number of likely N-dealkylation sites (tertiary alicyclic amines) is 1. The number of ether oxygens (including phenoxy) is 1. The van der Waals surface area contributed by atoms with E-state index >= 15 is 0 Å². The van der Waals surface area contributed by atoms with Crippen LogP contribution in [0.15, 0.2) is 30.5 Å². The fourth-order valence-electron chi connectivity index (χ4n) is 3.88. The van der Waals surface area contributed by atoms with E-state index in [0.717, 1.165) is 17.7 Å². The number of nitrogens with zero attached hydrogens (tertiary/aromatic N) is 5. The third-order valence-corrected chi connectivity index (χ3v) is 6.00. The van der Waals surface area contributed by atoms with Crippen LogP contribution in [0.2, 0.25) is 0 Å². The number of likely N-dealkylation sites (N-methyl/N-ethyl adjacent to an activating group) is 1. The number of nitrogens with one attached hydrogen (secondary N) is 1. The van der Waals surface area contributed by atoms with Crippen molar-refractivity contribution < 1.29 is 19.4 Å². The van der Waals surface area contributed by atoms with Gasteiger partial charge in [0.2, 0.25) is 5.95 Å². The molecule has 1 atom stereocenters. The molecule has 1 fully saturated rings. The molecule has 2 aliphatic heterocycles. The van der Waals surface area contributed by atoms with Gasteiger partial charge in [-0.05, 0) is 32.0 Å². The van der Waals surface area contributed by atoms with Crippen LogP contribution in [0.3, 0.4) is 0 Å². The van der Waals surface area contributed by atoms with Crippen LogP contribution in [-0.2, 0) is 17.9 Å². The summed E-state index contributed by atoms with van der Waals surface area (Å²) in [6.07, 6.45) is 0.443. The van der Waals surface area contributed by atoms with Crippen LogP contribution in [0.4, 0.5) is 21.4 Å². The molecule has 10 heteroatoms. The van der Waals surface area contributed by atoms with E-state index in [2.05, 4.69) is 44.5 Å². The number of hydrogen-bond donors (Lipinski definition) is 2. The molecule has 0 unspecified atom stereocenters. The summed E-state index contributed by atoms with van der Waals surface area (Å²) >= 11 is 0. The number of carbonyl (C=O) groups excluding carboxylic acids is 1. The van der Waals surface area contributed by atoms with Gasteiger partial charge in [0, 0.05) is 38.4 Å². The first-order chi connectivity index (χ1) is 15.4. The molecule has 2 N–H and O–H groups in total. The molecule has 10 nitrogen and oxygen atoms in total. The maximum atomic E-state index is 12.0. The molecule has 0 radical (unpaired) electrons. The Bertz CT molecular complexity index is 992. The minimum absolute atomic E-state index is 0.0267. The van der Waals surface area contributed by atoms with Crippen molar-refractivity contribution in [1.29, 1.82) is 0 Å². The Morgan fingerprint density at radius 2 is 2.06 bits per heavy atom. The second-order valence-corrected chi connectivity index (χ2v) is 8.21. The van der Waals surface area contributed by atoms with Gasteiger partial charge < -0.3 is 20.1 Å². The maximum absolute atomic E-state index is 12.0. The zero-order valence-corrected chi connectivity index (χ0v) is 18.5. The fraction of sp³-hybridized carbons (Fsp3) is 0.455. The van der Waals surface area contributed by atoms with E-state index < -0.39 is 12.2 Å². The van der Waals surface area contributed by atoms with Gasteiger partial charge in [0.1, 0.15) is 12.4 Å². The molecule has 2 aromatic rings. The van der Waals surface area contributed by atoms with Crippen LogP contribution in [0.5, 0.6) is 0 Å².